The van der Waals surface area contributed by atoms with Crippen LogP contribution in [0, 0.1) is 11.7 Å². The summed E-state index contributed by atoms with van der Waals surface area (Å²) >= 11 is 0. The summed E-state index contributed by atoms with van der Waals surface area (Å²) in [5.74, 6) is 0.572. The maximum Gasteiger partial charge on any atom is 0.125 e. The van der Waals surface area contributed by atoms with E-state index < -0.39 is 0 Å². The van der Waals surface area contributed by atoms with E-state index in [1.807, 2.05) is 6.07 Å². The Kier molecular flexibility index (Phi) is 3.44. The number of nitrogens with zero attached hydrogens (tertiary/aromatic N) is 1. The summed E-state index contributed by atoms with van der Waals surface area (Å²) in [6, 6.07) is 5.12. The lowest BCUT2D eigenvalue weighted by Crippen LogP contribution is -2.20. The van der Waals surface area contributed by atoms with Crippen molar-refractivity contribution in [3.05, 3.63) is 29.6 Å². The molecule has 1 heterocycles. The Labute approximate surface area is 96.2 Å². The lowest BCUT2D eigenvalue weighted by atomic mass is 10.1. The Morgan fingerprint density at radius 1 is 1.44 bits per heavy atom. The van der Waals surface area contributed by atoms with E-state index in [9.17, 15) is 4.39 Å². The number of hydrogen-bond acceptors (Lipinski definition) is 2. The molecule has 1 unspecified atom stereocenters. The smallest absolute Gasteiger partial charge is 0.125 e. The monoisotopic (exact) mass is 222 g/mol. The molecule has 0 spiro atoms. The molecule has 88 valence electrons. The molecule has 1 aliphatic rings. The van der Waals surface area contributed by atoms with Crippen LogP contribution in [0.2, 0.25) is 0 Å². The molecule has 2 N–H and O–H groups in total. The van der Waals surface area contributed by atoms with Crippen molar-refractivity contribution in [3.63, 3.8) is 0 Å². The van der Waals surface area contributed by atoms with Gasteiger partial charge in [-0.3, -0.25) is 0 Å². The van der Waals surface area contributed by atoms with Crippen molar-refractivity contribution in [1.29, 1.82) is 0 Å². The van der Waals surface area contributed by atoms with E-state index in [0.717, 1.165) is 30.3 Å². The van der Waals surface area contributed by atoms with Crippen LogP contribution in [-0.2, 0) is 6.54 Å². The van der Waals surface area contributed by atoms with Crippen LogP contribution in [0.25, 0.3) is 0 Å². The van der Waals surface area contributed by atoms with Gasteiger partial charge in [-0.2, -0.15) is 0 Å². The molecule has 0 bridgehead atoms. The van der Waals surface area contributed by atoms with Crippen molar-refractivity contribution >= 4 is 5.69 Å². The van der Waals surface area contributed by atoms with E-state index in [-0.39, 0.29) is 5.82 Å². The van der Waals surface area contributed by atoms with E-state index in [2.05, 4.69) is 11.8 Å². The molecule has 0 radical (unpaired) electrons. The summed E-state index contributed by atoms with van der Waals surface area (Å²) < 4.78 is 13.4. The second-order valence-corrected chi connectivity index (χ2v) is 4.53. The van der Waals surface area contributed by atoms with E-state index in [0.29, 0.717) is 6.54 Å². The van der Waals surface area contributed by atoms with Crippen LogP contribution >= 0.6 is 0 Å². The second-order valence-electron chi connectivity index (χ2n) is 4.53. The van der Waals surface area contributed by atoms with Crippen molar-refractivity contribution in [3.8, 4) is 0 Å². The fourth-order valence-electron chi connectivity index (χ4n) is 2.33. The zero-order chi connectivity index (χ0) is 11.5. The molecule has 1 aliphatic heterocycles. The summed E-state index contributed by atoms with van der Waals surface area (Å²) in [6.07, 6.45) is 2.42. The Bertz CT molecular complexity index is 365. The Hall–Kier alpha value is -1.09. The van der Waals surface area contributed by atoms with Gasteiger partial charge in [-0.15, -0.1) is 0 Å². The summed E-state index contributed by atoms with van der Waals surface area (Å²) in [5, 5.41) is 0. The van der Waals surface area contributed by atoms with Crippen LogP contribution in [-0.4, -0.2) is 13.1 Å². The van der Waals surface area contributed by atoms with Gasteiger partial charge in [0.2, 0.25) is 0 Å². The molecule has 16 heavy (non-hydrogen) atoms. The van der Waals surface area contributed by atoms with E-state index in [1.165, 1.54) is 18.9 Å². The predicted molar refractivity (Wildman–Crippen MR) is 64.9 cm³/mol. The average Bonchev–Trinajstić information content (AvgIpc) is 2.76. The largest absolute Gasteiger partial charge is 0.371 e. The highest BCUT2D eigenvalue weighted by Gasteiger charge is 2.21. The number of hydrogen-bond donors (Lipinski definition) is 1. The first-order valence-corrected chi connectivity index (χ1v) is 5.97. The molecule has 3 heteroatoms. The SMILES string of the molecule is CCC1CCN(c2cc(F)cc(CN)c2)C1. The van der Waals surface area contributed by atoms with Crippen LogP contribution < -0.4 is 10.6 Å². The lowest BCUT2D eigenvalue weighted by molar-refractivity contribution is 0.569. The number of rotatable bonds is 3. The minimum absolute atomic E-state index is 0.183. The summed E-state index contributed by atoms with van der Waals surface area (Å²) in [5.41, 5.74) is 7.41. The molecular weight excluding hydrogens is 203 g/mol. The topological polar surface area (TPSA) is 29.3 Å². The van der Waals surface area contributed by atoms with E-state index in [4.69, 9.17) is 5.73 Å². The number of halogens is 1. The van der Waals surface area contributed by atoms with Crippen LogP contribution in [0.15, 0.2) is 18.2 Å². The molecule has 1 aromatic carbocycles. The standard InChI is InChI=1S/C13H19FN2/c1-2-10-3-4-16(9-10)13-6-11(8-15)5-12(14)7-13/h5-7,10H,2-4,8-9,15H2,1H3. The molecule has 2 nitrogen and oxygen atoms in total. The van der Waals surface area contributed by atoms with Gasteiger partial charge < -0.3 is 10.6 Å². The van der Waals surface area contributed by atoms with E-state index >= 15 is 0 Å². The fourth-order valence-corrected chi connectivity index (χ4v) is 2.33. The molecule has 0 amide bonds. The van der Waals surface area contributed by atoms with Gasteiger partial charge in [0.25, 0.3) is 0 Å². The maximum atomic E-state index is 13.4. The third-order valence-corrected chi connectivity index (χ3v) is 3.41. The van der Waals surface area contributed by atoms with Crippen LogP contribution in [0.1, 0.15) is 25.3 Å². The Balaban J connectivity index is 2.17. The van der Waals surface area contributed by atoms with Gasteiger partial charge >= 0.3 is 0 Å². The number of benzene rings is 1. The van der Waals surface area contributed by atoms with Gasteiger partial charge in [0, 0.05) is 25.3 Å². The lowest BCUT2D eigenvalue weighted by Gasteiger charge is -2.19. The first-order chi connectivity index (χ1) is 7.72. The molecule has 0 saturated carbocycles. The third-order valence-electron chi connectivity index (χ3n) is 3.41. The summed E-state index contributed by atoms with van der Waals surface area (Å²) in [7, 11) is 0. The van der Waals surface area contributed by atoms with Gasteiger partial charge in [-0.05, 0) is 36.1 Å². The minimum Gasteiger partial charge on any atom is -0.371 e. The molecule has 0 aliphatic carbocycles. The molecule has 1 saturated heterocycles. The van der Waals surface area contributed by atoms with Gasteiger partial charge in [-0.1, -0.05) is 13.3 Å². The highest BCUT2D eigenvalue weighted by Crippen LogP contribution is 2.26. The van der Waals surface area contributed by atoms with Crippen molar-refractivity contribution < 1.29 is 4.39 Å². The number of nitrogens with two attached hydrogens (primary N) is 1. The van der Waals surface area contributed by atoms with Gasteiger partial charge in [0.15, 0.2) is 0 Å². The predicted octanol–water partition coefficient (Wildman–Crippen LogP) is 2.52. The zero-order valence-corrected chi connectivity index (χ0v) is 9.75. The van der Waals surface area contributed by atoms with Crippen LogP contribution in [0.4, 0.5) is 10.1 Å². The third kappa shape index (κ3) is 2.35. The Morgan fingerprint density at radius 3 is 2.88 bits per heavy atom. The van der Waals surface area contributed by atoms with Crippen molar-refractivity contribution in [2.75, 3.05) is 18.0 Å². The van der Waals surface area contributed by atoms with Gasteiger partial charge in [0.1, 0.15) is 5.82 Å². The first-order valence-electron chi connectivity index (χ1n) is 5.97. The van der Waals surface area contributed by atoms with Crippen LogP contribution in [0.5, 0.6) is 0 Å². The summed E-state index contributed by atoms with van der Waals surface area (Å²) in [4.78, 5) is 2.26. The second kappa shape index (κ2) is 4.83. The fraction of sp³-hybridized carbons (Fsp3) is 0.538. The average molecular weight is 222 g/mol. The normalized spacial score (nSPS) is 20.4. The molecule has 0 aromatic heterocycles. The first kappa shape index (κ1) is 11.4. The molecule has 1 fully saturated rings. The minimum atomic E-state index is -0.183. The van der Waals surface area contributed by atoms with Gasteiger partial charge in [0.05, 0.1) is 0 Å². The van der Waals surface area contributed by atoms with Crippen molar-refractivity contribution in [2.24, 2.45) is 11.7 Å². The number of anilines is 1. The molecule has 1 aromatic rings. The zero-order valence-electron chi connectivity index (χ0n) is 9.75. The highest BCUT2D eigenvalue weighted by molar-refractivity contribution is 5.50. The van der Waals surface area contributed by atoms with Gasteiger partial charge in [-0.25, -0.2) is 4.39 Å². The van der Waals surface area contributed by atoms with Crippen molar-refractivity contribution in [2.45, 2.75) is 26.3 Å². The quantitative estimate of drug-likeness (QED) is 0.851. The molecular formula is C13H19FN2. The highest BCUT2D eigenvalue weighted by atomic mass is 19.1. The molecule has 2 rings (SSSR count). The Morgan fingerprint density at radius 2 is 2.25 bits per heavy atom. The van der Waals surface area contributed by atoms with E-state index in [1.54, 1.807) is 6.07 Å². The summed E-state index contributed by atoms with van der Waals surface area (Å²) in [6.45, 7) is 4.69. The maximum absolute atomic E-state index is 13.4. The molecule has 1 atom stereocenters. The van der Waals surface area contributed by atoms with Crippen LogP contribution in [0.3, 0.4) is 0 Å². The van der Waals surface area contributed by atoms with Crippen molar-refractivity contribution in [1.82, 2.24) is 0 Å².